The second-order valence-corrected chi connectivity index (χ2v) is 6.74. The molecule has 0 heterocycles. The van der Waals surface area contributed by atoms with Crippen LogP contribution in [0.1, 0.15) is 42.7 Å². The predicted molar refractivity (Wildman–Crippen MR) is 100 cm³/mol. The van der Waals surface area contributed by atoms with Crippen LogP contribution >= 0.6 is 23.8 Å². The van der Waals surface area contributed by atoms with Crippen LogP contribution in [0, 0.1) is 0 Å². The van der Waals surface area contributed by atoms with Crippen molar-refractivity contribution in [2.24, 2.45) is 0 Å². The Balaban J connectivity index is 1.49. The van der Waals surface area contributed by atoms with E-state index in [-0.39, 0.29) is 0 Å². The van der Waals surface area contributed by atoms with Gasteiger partial charge in [0.2, 0.25) is 0 Å². The first-order valence-electron chi connectivity index (χ1n) is 7.99. The Morgan fingerprint density at radius 1 is 1.04 bits per heavy atom. The van der Waals surface area contributed by atoms with Crippen molar-refractivity contribution in [3.05, 3.63) is 64.7 Å². The topological polar surface area (TPSA) is 21.3 Å². The quantitative estimate of drug-likeness (QED) is 0.696. The summed E-state index contributed by atoms with van der Waals surface area (Å²) >= 11 is 11.1. The molecule has 4 heteroatoms. The van der Waals surface area contributed by atoms with E-state index in [1.165, 1.54) is 31.2 Å². The van der Waals surface area contributed by atoms with E-state index >= 15 is 0 Å². The molecule has 120 valence electrons. The third-order valence-electron chi connectivity index (χ3n) is 4.27. The first-order valence-corrected chi connectivity index (χ1v) is 8.77. The van der Waals surface area contributed by atoms with Gasteiger partial charge >= 0.3 is 0 Å². The van der Waals surface area contributed by atoms with Crippen LogP contribution < -0.4 is 5.32 Å². The minimum Gasteiger partial charge on any atom is -0.466 e. The molecule has 2 aromatic rings. The summed E-state index contributed by atoms with van der Waals surface area (Å²) in [6.45, 7) is 0.477. The van der Waals surface area contributed by atoms with Gasteiger partial charge in [0, 0.05) is 10.7 Å². The van der Waals surface area contributed by atoms with E-state index < -0.39 is 0 Å². The fraction of sp³-hybridized carbons (Fsp3) is 0.316. The van der Waals surface area contributed by atoms with Crippen LogP contribution in [0.2, 0.25) is 5.02 Å². The van der Waals surface area contributed by atoms with Crippen LogP contribution in [0.25, 0.3) is 0 Å². The van der Waals surface area contributed by atoms with E-state index in [2.05, 4.69) is 29.6 Å². The molecule has 0 saturated heterocycles. The summed E-state index contributed by atoms with van der Waals surface area (Å²) in [6, 6.07) is 16.1. The third-order valence-corrected chi connectivity index (χ3v) is 4.74. The number of ether oxygens (including phenoxy) is 1. The minimum atomic E-state index is 0.368. The molecule has 0 aliphatic heterocycles. The second kappa shape index (κ2) is 7.80. The van der Waals surface area contributed by atoms with Crippen LogP contribution in [0.15, 0.2) is 48.5 Å². The molecule has 1 aliphatic carbocycles. The second-order valence-electron chi connectivity index (χ2n) is 5.93. The molecule has 0 unspecified atom stereocenters. The van der Waals surface area contributed by atoms with Crippen molar-refractivity contribution in [1.29, 1.82) is 0 Å². The van der Waals surface area contributed by atoms with Crippen molar-refractivity contribution in [3.8, 4) is 0 Å². The highest BCUT2D eigenvalue weighted by atomic mass is 35.5. The van der Waals surface area contributed by atoms with Crippen molar-refractivity contribution in [3.63, 3.8) is 0 Å². The van der Waals surface area contributed by atoms with Crippen LogP contribution in [-0.2, 0) is 11.3 Å². The third kappa shape index (κ3) is 4.69. The summed E-state index contributed by atoms with van der Waals surface area (Å²) in [4.78, 5) is 0. The van der Waals surface area contributed by atoms with Gasteiger partial charge in [0.05, 0.1) is 0 Å². The summed E-state index contributed by atoms with van der Waals surface area (Å²) in [5.74, 6) is 0.748. The molecule has 0 atom stereocenters. The van der Waals surface area contributed by atoms with Gasteiger partial charge in [-0.1, -0.05) is 48.7 Å². The summed E-state index contributed by atoms with van der Waals surface area (Å²) in [5.41, 5.74) is 3.45. The summed E-state index contributed by atoms with van der Waals surface area (Å²) in [5, 5.41) is 4.11. The van der Waals surface area contributed by atoms with Gasteiger partial charge in [-0.05, 0) is 66.4 Å². The number of anilines is 1. The molecule has 1 N–H and O–H groups in total. The molecular weight excluding hydrogens is 326 g/mol. The van der Waals surface area contributed by atoms with Gasteiger partial charge in [-0.3, -0.25) is 0 Å². The maximum Gasteiger partial charge on any atom is 0.261 e. The van der Waals surface area contributed by atoms with Crippen LogP contribution in [0.3, 0.4) is 0 Å². The molecule has 1 saturated carbocycles. The maximum atomic E-state index is 5.86. The molecule has 1 fully saturated rings. The van der Waals surface area contributed by atoms with E-state index in [0.29, 0.717) is 16.8 Å². The molecule has 3 rings (SSSR count). The summed E-state index contributed by atoms with van der Waals surface area (Å²) in [7, 11) is 0. The maximum absolute atomic E-state index is 5.86. The van der Waals surface area contributed by atoms with Crippen LogP contribution in [0.5, 0.6) is 0 Å². The van der Waals surface area contributed by atoms with E-state index in [1.54, 1.807) is 0 Å². The van der Waals surface area contributed by atoms with Crippen molar-refractivity contribution < 1.29 is 4.74 Å². The Morgan fingerprint density at radius 3 is 2.35 bits per heavy atom. The highest BCUT2D eigenvalue weighted by molar-refractivity contribution is 7.80. The molecule has 1 aliphatic rings. The zero-order chi connectivity index (χ0) is 16.1. The number of benzene rings is 2. The number of rotatable bonds is 4. The van der Waals surface area contributed by atoms with Gasteiger partial charge in [0.15, 0.2) is 0 Å². The number of hydrogen-bond donors (Lipinski definition) is 1. The molecule has 0 spiro atoms. The van der Waals surface area contributed by atoms with E-state index in [9.17, 15) is 0 Å². The van der Waals surface area contributed by atoms with Gasteiger partial charge in [0.25, 0.3) is 5.17 Å². The first kappa shape index (κ1) is 16.3. The average molecular weight is 346 g/mol. The number of nitrogens with one attached hydrogen (secondary N) is 1. The lowest BCUT2D eigenvalue weighted by Crippen LogP contribution is -2.13. The van der Waals surface area contributed by atoms with E-state index in [1.807, 2.05) is 24.3 Å². The monoisotopic (exact) mass is 345 g/mol. The summed E-state index contributed by atoms with van der Waals surface area (Å²) < 4.78 is 5.61. The van der Waals surface area contributed by atoms with Crippen LogP contribution in [0.4, 0.5) is 5.69 Å². The number of hydrogen-bond acceptors (Lipinski definition) is 2. The molecule has 2 nitrogen and oxygen atoms in total. The van der Waals surface area contributed by atoms with Crippen LogP contribution in [-0.4, -0.2) is 5.17 Å². The van der Waals surface area contributed by atoms with Gasteiger partial charge in [-0.15, -0.1) is 0 Å². The number of thiocarbonyl (C=S) groups is 1. The lowest BCUT2D eigenvalue weighted by atomic mass is 9.97. The Bertz CT molecular complexity index is 648. The Hall–Kier alpha value is -1.58. The normalized spacial score (nSPS) is 14.7. The SMILES string of the molecule is S=C(Nc1ccc(Cl)cc1)OCc1ccc(C2CCCC2)cc1. The molecule has 0 amide bonds. The highest BCUT2D eigenvalue weighted by Gasteiger charge is 2.16. The zero-order valence-corrected chi connectivity index (χ0v) is 14.5. The van der Waals surface area contributed by atoms with Crippen molar-refractivity contribution in [2.45, 2.75) is 38.2 Å². The molecule has 0 bridgehead atoms. The number of halogens is 1. The fourth-order valence-electron chi connectivity index (χ4n) is 2.98. The van der Waals surface area contributed by atoms with Crippen molar-refractivity contribution in [1.82, 2.24) is 0 Å². The van der Waals surface area contributed by atoms with E-state index in [4.69, 9.17) is 28.6 Å². The highest BCUT2D eigenvalue weighted by Crippen LogP contribution is 2.33. The van der Waals surface area contributed by atoms with Gasteiger partial charge < -0.3 is 10.1 Å². The van der Waals surface area contributed by atoms with Crippen molar-refractivity contribution >= 4 is 34.7 Å². The molecule has 23 heavy (non-hydrogen) atoms. The molecule has 0 aromatic heterocycles. The minimum absolute atomic E-state index is 0.368. The van der Waals surface area contributed by atoms with Gasteiger partial charge in [0.1, 0.15) is 6.61 Å². The molecular formula is C19H20ClNOS. The van der Waals surface area contributed by atoms with Crippen molar-refractivity contribution in [2.75, 3.05) is 5.32 Å². The standard InChI is InChI=1S/C19H20ClNOS/c20-17-9-11-18(12-10-17)21-19(23)22-13-14-5-7-16(8-6-14)15-3-1-2-4-15/h5-12,15H,1-4,13H2,(H,21,23). The Kier molecular flexibility index (Phi) is 5.52. The van der Waals surface area contributed by atoms with E-state index in [0.717, 1.165) is 17.2 Å². The van der Waals surface area contributed by atoms with Gasteiger partial charge in [-0.25, -0.2) is 0 Å². The fourth-order valence-corrected chi connectivity index (χ4v) is 3.28. The summed E-state index contributed by atoms with van der Waals surface area (Å²) in [6.07, 6.45) is 5.37. The Labute approximate surface area is 147 Å². The lowest BCUT2D eigenvalue weighted by Gasteiger charge is -2.12. The lowest BCUT2D eigenvalue weighted by molar-refractivity contribution is 0.300. The first-order chi connectivity index (χ1) is 11.2. The average Bonchev–Trinajstić information content (AvgIpc) is 3.10. The Morgan fingerprint density at radius 2 is 1.70 bits per heavy atom. The predicted octanol–water partition coefficient (Wildman–Crippen LogP) is 5.91. The smallest absolute Gasteiger partial charge is 0.261 e. The molecule has 0 radical (unpaired) electrons. The largest absolute Gasteiger partial charge is 0.466 e. The van der Waals surface area contributed by atoms with Gasteiger partial charge in [-0.2, -0.15) is 0 Å². The molecule has 2 aromatic carbocycles. The zero-order valence-electron chi connectivity index (χ0n) is 12.9.